The van der Waals surface area contributed by atoms with Gasteiger partial charge in [-0.05, 0) is 24.3 Å². The molecule has 1 aliphatic rings. The Hall–Kier alpha value is -1.83. The van der Waals surface area contributed by atoms with E-state index < -0.39 is 34.6 Å². The van der Waals surface area contributed by atoms with E-state index in [0.717, 1.165) is 6.08 Å². The zero-order valence-electron chi connectivity index (χ0n) is 10.1. The molecule has 1 N–H and O–H groups in total. The van der Waals surface area contributed by atoms with Crippen LogP contribution in [-0.2, 0) is 15.6 Å². The summed E-state index contributed by atoms with van der Waals surface area (Å²) in [7, 11) is -1.33. The van der Waals surface area contributed by atoms with Gasteiger partial charge in [0.25, 0.3) is 0 Å². The number of aliphatic carboxylic acids is 1. The molecule has 0 spiro atoms. The minimum Gasteiger partial charge on any atom is -0.478 e. The first-order chi connectivity index (χ1) is 9.20. The molecule has 0 amide bonds. The summed E-state index contributed by atoms with van der Waals surface area (Å²) in [4.78, 5) is 11.3. The van der Waals surface area contributed by atoms with Gasteiger partial charge in [0, 0.05) is 27.5 Å². The lowest BCUT2D eigenvalue weighted by Gasteiger charge is -2.27. The van der Waals surface area contributed by atoms with Crippen LogP contribution in [0.15, 0.2) is 28.7 Å². The number of hydrogen-bond acceptors (Lipinski definition) is 3. The summed E-state index contributed by atoms with van der Waals surface area (Å²) in [6.45, 7) is 0. The van der Waals surface area contributed by atoms with E-state index in [1.165, 1.54) is 24.5 Å². The van der Waals surface area contributed by atoms with Crippen molar-refractivity contribution >= 4 is 22.8 Å². The molecule has 1 aromatic carbocycles. The van der Waals surface area contributed by atoms with Gasteiger partial charge in [-0.15, -0.1) is 0 Å². The van der Waals surface area contributed by atoms with Gasteiger partial charge >= 0.3 is 12.1 Å². The van der Waals surface area contributed by atoms with Gasteiger partial charge in [0.15, 0.2) is 0 Å². The topological polar surface area (TPSA) is 63.6 Å². The fourth-order valence-electron chi connectivity index (χ4n) is 1.78. The summed E-state index contributed by atoms with van der Waals surface area (Å²) in [5.74, 6) is -1.80. The van der Waals surface area contributed by atoms with Crippen LogP contribution in [-0.4, -0.2) is 33.8 Å². The average Bonchev–Trinajstić information content (AvgIpc) is 2.35. The summed E-state index contributed by atoms with van der Waals surface area (Å²) in [6, 6.07) is 3.98. The van der Waals surface area contributed by atoms with Crippen LogP contribution in [0, 0.1) is 0 Å². The monoisotopic (exact) mass is 306 g/mol. The quantitative estimate of drug-likeness (QED) is 0.910. The van der Waals surface area contributed by atoms with Crippen LogP contribution < -0.4 is 4.74 Å². The Morgan fingerprint density at radius 2 is 2.05 bits per heavy atom. The molecule has 4 nitrogen and oxygen atoms in total. The number of rotatable bonds is 2. The summed E-state index contributed by atoms with van der Waals surface area (Å²) in [5, 5.41) is 8.87. The van der Waals surface area contributed by atoms with Crippen molar-refractivity contribution < 1.29 is 32.0 Å². The lowest BCUT2D eigenvalue weighted by Crippen LogP contribution is -2.40. The highest BCUT2D eigenvalue weighted by molar-refractivity contribution is 7.84. The van der Waals surface area contributed by atoms with Gasteiger partial charge in [0.1, 0.15) is 5.75 Å². The van der Waals surface area contributed by atoms with Gasteiger partial charge in [-0.1, -0.05) is 0 Å². The summed E-state index contributed by atoms with van der Waals surface area (Å²) in [6.07, 6.45) is -5.03. The maximum absolute atomic E-state index is 12.8. The maximum atomic E-state index is 12.8. The first kappa shape index (κ1) is 14.6. The fraction of sp³-hybridized carbons (Fsp3) is 0.250. The Kier molecular flexibility index (Phi) is 3.59. The molecule has 0 bridgehead atoms. The standard InChI is InChI=1S/C12H9F3O4S/c1-20(18)7-2-3-9-6(4-7)5-8(11(16)17)10(19-9)12(13,14)15/h2-5,10H,1H3,(H,16,17)/t10-,20?/m0/s1. The molecule has 0 aromatic heterocycles. The zero-order chi connectivity index (χ0) is 15.1. The molecule has 0 fully saturated rings. The van der Waals surface area contributed by atoms with Crippen LogP contribution in [0.25, 0.3) is 6.08 Å². The highest BCUT2D eigenvalue weighted by Crippen LogP contribution is 2.37. The van der Waals surface area contributed by atoms with Crippen molar-refractivity contribution in [2.75, 3.05) is 6.26 Å². The molecule has 20 heavy (non-hydrogen) atoms. The van der Waals surface area contributed by atoms with Crippen molar-refractivity contribution in [3.63, 3.8) is 0 Å². The Morgan fingerprint density at radius 3 is 2.55 bits per heavy atom. The number of halogens is 3. The number of hydrogen-bond donors (Lipinski definition) is 1. The highest BCUT2D eigenvalue weighted by atomic mass is 32.2. The van der Waals surface area contributed by atoms with Crippen LogP contribution in [0.4, 0.5) is 13.2 Å². The number of carboxylic acid groups (broad SMARTS) is 1. The third-order valence-corrected chi connectivity index (χ3v) is 3.61. The van der Waals surface area contributed by atoms with Crippen molar-refractivity contribution in [1.29, 1.82) is 0 Å². The average molecular weight is 306 g/mol. The number of ether oxygens (including phenoxy) is 1. The normalized spacial score (nSPS) is 19.6. The van der Waals surface area contributed by atoms with Crippen molar-refractivity contribution in [1.82, 2.24) is 0 Å². The van der Waals surface area contributed by atoms with E-state index >= 15 is 0 Å². The molecule has 0 radical (unpaired) electrons. The van der Waals surface area contributed by atoms with Crippen LogP contribution in [0.1, 0.15) is 5.56 Å². The SMILES string of the molecule is CS(=O)c1ccc2c(c1)C=C(C(=O)O)[C@@H](C(F)(F)F)O2. The Morgan fingerprint density at radius 1 is 1.40 bits per heavy atom. The third kappa shape index (κ3) is 2.69. The molecule has 0 aliphatic carbocycles. The molecule has 2 rings (SSSR count). The summed E-state index contributed by atoms with van der Waals surface area (Å²) in [5.41, 5.74) is -0.736. The number of fused-ring (bicyclic) bond motifs is 1. The van der Waals surface area contributed by atoms with Gasteiger partial charge in [0.05, 0.1) is 5.57 Å². The fourth-order valence-corrected chi connectivity index (χ4v) is 2.33. The molecule has 108 valence electrons. The molecule has 0 saturated heterocycles. The van der Waals surface area contributed by atoms with Crippen LogP contribution in [0.2, 0.25) is 0 Å². The lowest BCUT2D eigenvalue weighted by molar-refractivity contribution is -0.187. The second-order valence-corrected chi connectivity index (χ2v) is 5.48. The van der Waals surface area contributed by atoms with Crippen molar-refractivity contribution in [3.05, 3.63) is 29.3 Å². The minimum atomic E-state index is -4.83. The van der Waals surface area contributed by atoms with E-state index in [2.05, 4.69) is 0 Å². The minimum absolute atomic E-state index is 0.0912. The van der Waals surface area contributed by atoms with Crippen molar-refractivity contribution in [2.24, 2.45) is 0 Å². The second kappa shape index (κ2) is 4.93. The first-order valence-electron chi connectivity index (χ1n) is 5.36. The summed E-state index contributed by atoms with van der Waals surface area (Å²) >= 11 is 0. The van der Waals surface area contributed by atoms with E-state index in [1.54, 1.807) is 0 Å². The first-order valence-corrected chi connectivity index (χ1v) is 6.91. The number of alkyl halides is 3. The molecule has 0 saturated carbocycles. The van der Waals surface area contributed by atoms with Gasteiger partial charge in [-0.2, -0.15) is 13.2 Å². The van der Waals surface area contributed by atoms with Gasteiger partial charge in [-0.25, -0.2) is 4.79 Å². The molecule has 1 unspecified atom stereocenters. The van der Waals surface area contributed by atoms with Gasteiger partial charge < -0.3 is 9.84 Å². The van der Waals surface area contributed by atoms with E-state index in [-0.39, 0.29) is 11.3 Å². The molecule has 1 aliphatic heterocycles. The van der Waals surface area contributed by atoms with Gasteiger partial charge in [0.2, 0.25) is 6.10 Å². The largest absolute Gasteiger partial charge is 0.478 e. The van der Waals surface area contributed by atoms with Crippen molar-refractivity contribution in [2.45, 2.75) is 17.2 Å². The Balaban J connectivity index is 2.54. The van der Waals surface area contributed by atoms with E-state index in [1.807, 2.05) is 0 Å². The Bertz CT molecular complexity index is 622. The number of benzene rings is 1. The van der Waals surface area contributed by atoms with Crippen LogP contribution in [0.5, 0.6) is 5.75 Å². The summed E-state index contributed by atoms with van der Waals surface area (Å²) < 4.78 is 54.4. The molecular weight excluding hydrogens is 297 g/mol. The van der Waals surface area contributed by atoms with Crippen molar-refractivity contribution in [3.8, 4) is 5.75 Å². The van der Waals surface area contributed by atoms with Gasteiger partial charge in [-0.3, -0.25) is 4.21 Å². The smallest absolute Gasteiger partial charge is 0.430 e. The molecule has 2 atom stereocenters. The Labute approximate surface area is 114 Å². The highest BCUT2D eigenvalue weighted by Gasteiger charge is 2.48. The van der Waals surface area contributed by atoms with E-state index in [0.29, 0.717) is 4.90 Å². The molecule has 1 aromatic rings. The predicted molar refractivity (Wildman–Crippen MR) is 64.9 cm³/mol. The molecule has 1 heterocycles. The van der Waals surface area contributed by atoms with E-state index in [4.69, 9.17) is 9.84 Å². The maximum Gasteiger partial charge on any atom is 0.430 e. The van der Waals surface area contributed by atoms with Crippen LogP contribution in [0.3, 0.4) is 0 Å². The molecule has 8 heteroatoms. The molecular formula is C12H9F3O4S. The van der Waals surface area contributed by atoms with E-state index in [9.17, 15) is 22.2 Å². The van der Waals surface area contributed by atoms with Crippen LogP contribution >= 0.6 is 0 Å². The zero-order valence-corrected chi connectivity index (χ0v) is 10.9. The lowest BCUT2D eigenvalue weighted by atomic mass is 10.0. The predicted octanol–water partition coefficient (Wildman–Crippen LogP) is 2.22. The second-order valence-electron chi connectivity index (χ2n) is 4.10. The number of carboxylic acids is 1. The number of carbonyl (C=O) groups is 1. The third-order valence-electron chi connectivity index (χ3n) is 2.70.